The molecule has 1 nitrogen and oxygen atoms in total. The molecule has 1 aromatic rings. The van der Waals surface area contributed by atoms with Crippen molar-refractivity contribution >= 4 is 6.29 Å². The van der Waals surface area contributed by atoms with E-state index in [1.165, 1.54) is 5.56 Å². The Morgan fingerprint density at radius 2 is 1.85 bits per heavy atom. The number of hydrogen-bond acceptors (Lipinski definition) is 1. The number of carbonyl (C=O) groups excluding carboxylic acids is 1. The van der Waals surface area contributed by atoms with E-state index < -0.39 is 0 Å². The Hall–Kier alpha value is -1.37. The van der Waals surface area contributed by atoms with Gasteiger partial charge in [0, 0.05) is 6.42 Å². The van der Waals surface area contributed by atoms with E-state index in [0.717, 1.165) is 23.9 Å². The van der Waals surface area contributed by atoms with Gasteiger partial charge in [-0.1, -0.05) is 35.9 Å². The Balaban J connectivity index is 2.80. The molecule has 0 spiro atoms. The minimum Gasteiger partial charge on any atom is -0.298 e. The summed E-state index contributed by atoms with van der Waals surface area (Å²) in [6, 6.07) is 10.0. The third kappa shape index (κ3) is 2.86. The maximum absolute atomic E-state index is 10.7. The van der Waals surface area contributed by atoms with Crippen molar-refractivity contribution in [3.05, 3.63) is 47.0 Å². The summed E-state index contributed by atoms with van der Waals surface area (Å²) >= 11 is 0. The Bertz CT molecular complexity index is 305. The fourth-order valence-electron chi connectivity index (χ4n) is 1.15. The summed E-state index contributed by atoms with van der Waals surface area (Å²) in [5.41, 5.74) is 3.16. The minimum absolute atomic E-state index is 0.743. The van der Waals surface area contributed by atoms with E-state index in [0.29, 0.717) is 0 Å². The molecular formula is C12H14O. The van der Waals surface area contributed by atoms with Gasteiger partial charge in [0.15, 0.2) is 0 Å². The molecule has 0 radical (unpaired) electrons. The number of aldehydes is 1. The number of rotatable bonds is 3. The van der Waals surface area contributed by atoms with E-state index in [1.54, 1.807) is 0 Å². The second kappa shape index (κ2) is 4.61. The summed E-state index contributed by atoms with van der Waals surface area (Å²) in [5.74, 6) is 0. The zero-order valence-corrected chi connectivity index (χ0v) is 8.08. The number of hydrogen-bond donors (Lipinski definition) is 0. The third-order valence-corrected chi connectivity index (χ3v) is 2.02. The third-order valence-electron chi connectivity index (χ3n) is 2.02. The Labute approximate surface area is 79.1 Å². The lowest BCUT2D eigenvalue weighted by molar-refractivity contribution is -0.105. The Morgan fingerprint density at radius 3 is 2.31 bits per heavy atom. The standard InChI is InChI=1S/C12H14O/c1-10(2)12(9-13)8-11-6-4-3-5-7-11/h3-7,9H,8H2,1-2H3. The molecule has 0 saturated carbocycles. The van der Waals surface area contributed by atoms with Crippen LogP contribution in [0.1, 0.15) is 19.4 Å². The fraction of sp³-hybridized carbons (Fsp3) is 0.250. The highest BCUT2D eigenvalue weighted by Gasteiger charge is 1.99. The molecule has 68 valence electrons. The molecule has 1 rings (SSSR count). The van der Waals surface area contributed by atoms with Crippen LogP contribution in [0.3, 0.4) is 0 Å². The van der Waals surface area contributed by atoms with E-state index in [2.05, 4.69) is 0 Å². The quantitative estimate of drug-likeness (QED) is 0.508. The largest absolute Gasteiger partial charge is 0.298 e. The molecule has 0 atom stereocenters. The molecule has 0 heterocycles. The van der Waals surface area contributed by atoms with Crippen molar-refractivity contribution in [3.63, 3.8) is 0 Å². The van der Waals surface area contributed by atoms with Crippen molar-refractivity contribution < 1.29 is 4.79 Å². The minimum atomic E-state index is 0.743. The maximum Gasteiger partial charge on any atom is 0.146 e. The molecular weight excluding hydrogens is 160 g/mol. The van der Waals surface area contributed by atoms with Gasteiger partial charge in [-0.3, -0.25) is 4.79 Å². The van der Waals surface area contributed by atoms with Crippen LogP contribution in [-0.2, 0) is 11.2 Å². The van der Waals surface area contributed by atoms with Crippen LogP contribution < -0.4 is 0 Å². The molecule has 0 N–H and O–H groups in total. The normalized spacial score (nSPS) is 9.38. The number of carbonyl (C=O) groups is 1. The molecule has 0 aliphatic rings. The molecule has 13 heavy (non-hydrogen) atoms. The van der Waals surface area contributed by atoms with Crippen LogP contribution in [0.25, 0.3) is 0 Å². The average molecular weight is 174 g/mol. The molecule has 0 aliphatic heterocycles. The van der Waals surface area contributed by atoms with Crippen LogP contribution in [0.5, 0.6) is 0 Å². The molecule has 1 heteroatoms. The molecule has 0 bridgehead atoms. The summed E-state index contributed by atoms with van der Waals surface area (Å²) in [6.45, 7) is 3.93. The molecule has 0 amide bonds. The van der Waals surface area contributed by atoms with Gasteiger partial charge in [-0.05, 0) is 25.0 Å². The zero-order valence-electron chi connectivity index (χ0n) is 8.08. The first-order valence-electron chi connectivity index (χ1n) is 4.39. The summed E-state index contributed by atoms with van der Waals surface area (Å²) in [6.07, 6.45) is 1.69. The first-order valence-corrected chi connectivity index (χ1v) is 4.39. The lowest BCUT2D eigenvalue weighted by atomic mass is 10.0. The van der Waals surface area contributed by atoms with Gasteiger partial charge in [-0.15, -0.1) is 0 Å². The predicted molar refractivity (Wildman–Crippen MR) is 54.6 cm³/mol. The molecule has 1 aromatic carbocycles. The first-order chi connectivity index (χ1) is 6.24. The van der Waals surface area contributed by atoms with E-state index in [-0.39, 0.29) is 0 Å². The van der Waals surface area contributed by atoms with Gasteiger partial charge in [-0.25, -0.2) is 0 Å². The summed E-state index contributed by atoms with van der Waals surface area (Å²) in [4.78, 5) is 10.7. The molecule has 0 aliphatic carbocycles. The average Bonchev–Trinajstić information content (AvgIpc) is 2.15. The Kier molecular flexibility index (Phi) is 3.44. The van der Waals surface area contributed by atoms with Crippen molar-refractivity contribution in [2.24, 2.45) is 0 Å². The highest BCUT2D eigenvalue weighted by Crippen LogP contribution is 2.09. The fourth-order valence-corrected chi connectivity index (χ4v) is 1.15. The van der Waals surface area contributed by atoms with Gasteiger partial charge in [0.2, 0.25) is 0 Å². The summed E-state index contributed by atoms with van der Waals surface area (Å²) in [7, 11) is 0. The van der Waals surface area contributed by atoms with Gasteiger partial charge >= 0.3 is 0 Å². The highest BCUT2D eigenvalue weighted by atomic mass is 16.1. The van der Waals surface area contributed by atoms with Crippen LogP contribution in [0, 0.1) is 0 Å². The van der Waals surface area contributed by atoms with Gasteiger partial charge in [0.25, 0.3) is 0 Å². The smallest absolute Gasteiger partial charge is 0.146 e. The van der Waals surface area contributed by atoms with Crippen LogP contribution in [-0.4, -0.2) is 6.29 Å². The lowest BCUT2D eigenvalue weighted by Crippen LogP contribution is -1.93. The van der Waals surface area contributed by atoms with Crippen LogP contribution in [0.15, 0.2) is 41.5 Å². The van der Waals surface area contributed by atoms with Crippen LogP contribution in [0.2, 0.25) is 0 Å². The topological polar surface area (TPSA) is 17.1 Å². The molecule has 0 aromatic heterocycles. The van der Waals surface area contributed by atoms with Crippen LogP contribution >= 0.6 is 0 Å². The molecule has 0 fully saturated rings. The van der Waals surface area contributed by atoms with Gasteiger partial charge in [0.05, 0.1) is 0 Å². The van der Waals surface area contributed by atoms with Crippen molar-refractivity contribution in [2.45, 2.75) is 20.3 Å². The maximum atomic E-state index is 10.7. The summed E-state index contributed by atoms with van der Waals surface area (Å²) < 4.78 is 0. The highest BCUT2D eigenvalue weighted by molar-refractivity contribution is 5.75. The van der Waals surface area contributed by atoms with Gasteiger partial charge < -0.3 is 0 Å². The second-order valence-corrected chi connectivity index (χ2v) is 3.31. The zero-order chi connectivity index (χ0) is 9.68. The Morgan fingerprint density at radius 1 is 1.23 bits per heavy atom. The van der Waals surface area contributed by atoms with Crippen molar-refractivity contribution in [1.82, 2.24) is 0 Å². The van der Waals surface area contributed by atoms with Crippen molar-refractivity contribution in [2.75, 3.05) is 0 Å². The van der Waals surface area contributed by atoms with E-state index in [1.807, 2.05) is 44.2 Å². The SMILES string of the molecule is CC(C)=C(C=O)Cc1ccccc1. The molecule has 0 unspecified atom stereocenters. The number of allylic oxidation sites excluding steroid dienone is 2. The van der Waals surface area contributed by atoms with E-state index in [9.17, 15) is 4.79 Å². The second-order valence-electron chi connectivity index (χ2n) is 3.31. The van der Waals surface area contributed by atoms with Gasteiger partial charge in [0.1, 0.15) is 6.29 Å². The lowest BCUT2D eigenvalue weighted by Gasteiger charge is -2.02. The van der Waals surface area contributed by atoms with Crippen LogP contribution in [0.4, 0.5) is 0 Å². The van der Waals surface area contributed by atoms with Crippen molar-refractivity contribution in [1.29, 1.82) is 0 Å². The summed E-state index contributed by atoms with van der Waals surface area (Å²) in [5, 5.41) is 0. The number of benzene rings is 1. The monoisotopic (exact) mass is 174 g/mol. The first kappa shape index (κ1) is 9.72. The van der Waals surface area contributed by atoms with Gasteiger partial charge in [-0.2, -0.15) is 0 Å². The van der Waals surface area contributed by atoms with E-state index >= 15 is 0 Å². The van der Waals surface area contributed by atoms with Crippen molar-refractivity contribution in [3.8, 4) is 0 Å². The van der Waals surface area contributed by atoms with E-state index in [4.69, 9.17) is 0 Å². The predicted octanol–water partition coefficient (Wildman–Crippen LogP) is 2.76. The molecule has 0 saturated heterocycles.